The van der Waals surface area contributed by atoms with Gasteiger partial charge in [0, 0.05) is 12.0 Å². The van der Waals surface area contributed by atoms with Crippen molar-refractivity contribution in [3.05, 3.63) is 0 Å². The molecule has 4 heteroatoms. The van der Waals surface area contributed by atoms with Gasteiger partial charge in [0.05, 0.1) is 6.61 Å². The quantitative estimate of drug-likeness (QED) is 0.670. The fourth-order valence-corrected chi connectivity index (χ4v) is 1.13. The topological polar surface area (TPSA) is 47.6 Å². The van der Waals surface area contributed by atoms with Crippen molar-refractivity contribution in [2.75, 3.05) is 6.61 Å². The van der Waals surface area contributed by atoms with Crippen LogP contribution in [0.1, 0.15) is 33.6 Å². The molecule has 1 N–H and O–H groups in total. The lowest BCUT2D eigenvalue weighted by molar-refractivity contribution is -0.173. The number of hydrogen-bond acceptors (Lipinski definition) is 4. The number of esters is 1. The van der Waals surface area contributed by atoms with Gasteiger partial charge >= 0.3 is 5.97 Å². The van der Waals surface area contributed by atoms with Gasteiger partial charge in [-0.15, -0.1) is 0 Å². The minimum Gasteiger partial charge on any atom is -0.421 e. The number of nitrogens with one attached hydrogen (secondary N) is 1. The number of hydrogen-bond donors (Lipinski definition) is 1. The Morgan fingerprint density at radius 3 is 2.85 bits per heavy atom. The summed E-state index contributed by atoms with van der Waals surface area (Å²) in [5.74, 6) is -0.210. The lowest BCUT2D eigenvalue weighted by atomic mass is 10.1. The molecule has 4 nitrogen and oxygen atoms in total. The van der Waals surface area contributed by atoms with Crippen LogP contribution in [0.15, 0.2) is 0 Å². The maximum atomic E-state index is 11.1. The smallest absolute Gasteiger partial charge is 0.309 e. The van der Waals surface area contributed by atoms with E-state index in [4.69, 9.17) is 9.47 Å². The summed E-state index contributed by atoms with van der Waals surface area (Å²) in [6.45, 7) is 6.51. The largest absolute Gasteiger partial charge is 0.421 e. The highest BCUT2D eigenvalue weighted by molar-refractivity contribution is 5.69. The molecule has 1 rings (SSSR count). The van der Waals surface area contributed by atoms with Crippen molar-refractivity contribution in [2.24, 2.45) is 0 Å². The molecule has 0 radical (unpaired) electrons. The zero-order chi connectivity index (χ0) is 9.90. The molecule has 0 aromatic rings. The van der Waals surface area contributed by atoms with E-state index in [-0.39, 0.29) is 11.5 Å². The Morgan fingerprint density at radius 1 is 1.69 bits per heavy atom. The van der Waals surface area contributed by atoms with Crippen LogP contribution in [0.3, 0.4) is 0 Å². The Kier molecular flexibility index (Phi) is 3.27. The summed E-state index contributed by atoms with van der Waals surface area (Å²) in [5.41, 5.74) is -0.100. The van der Waals surface area contributed by atoms with Gasteiger partial charge in [-0.2, -0.15) is 0 Å². The van der Waals surface area contributed by atoms with Crippen molar-refractivity contribution in [1.82, 2.24) is 5.32 Å². The molecule has 0 aromatic heterocycles. The van der Waals surface area contributed by atoms with Crippen LogP contribution in [0.5, 0.6) is 0 Å². The monoisotopic (exact) mass is 187 g/mol. The predicted octanol–water partition coefficient (Wildman–Crippen LogP) is 1.01. The molecule has 1 aliphatic rings. The van der Waals surface area contributed by atoms with E-state index >= 15 is 0 Å². The van der Waals surface area contributed by atoms with E-state index in [1.54, 1.807) is 0 Å². The van der Waals surface area contributed by atoms with Gasteiger partial charge in [-0.1, -0.05) is 6.92 Å². The molecule has 0 amide bonds. The molecule has 1 saturated heterocycles. The summed E-state index contributed by atoms with van der Waals surface area (Å²) in [5, 5.41) is 3.05. The minimum absolute atomic E-state index is 0.100. The first-order valence-electron chi connectivity index (χ1n) is 4.62. The van der Waals surface area contributed by atoms with E-state index in [1.807, 2.05) is 20.8 Å². The summed E-state index contributed by atoms with van der Waals surface area (Å²) in [6.07, 6.45) is 0.686. The van der Waals surface area contributed by atoms with Crippen molar-refractivity contribution < 1.29 is 14.3 Å². The number of carbonyl (C=O) groups excluding carboxylic acids is 1. The maximum absolute atomic E-state index is 11.1. The Morgan fingerprint density at radius 2 is 2.38 bits per heavy atom. The average molecular weight is 187 g/mol. The van der Waals surface area contributed by atoms with Crippen LogP contribution < -0.4 is 5.32 Å². The Balaban J connectivity index is 2.28. The Hall–Kier alpha value is -0.610. The van der Waals surface area contributed by atoms with Crippen molar-refractivity contribution in [2.45, 2.75) is 45.6 Å². The van der Waals surface area contributed by atoms with E-state index in [9.17, 15) is 4.79 Å². The normalized spacial score (nSPS) is 25.9. The fraction of sp³-hybridized carbons (Fsp3) is 0.889. The average Bonchev–Trinajstić information content (AvgIpc) is 2.30. The molecular weight excluding hydrogens is 170 g/mol. The Labute approximate surface area is 78.6 Å². The first-order chi connectivity index (χ1) is 6.03. The van der Waals surface area contributed by atoms with Crippen LogP contribution in [0.25, 0.3) is 0 Å². The molecular formula is C9H17NO3. The second kappa shape index (κ2) is 4.07. The Bertz CT molecular complexity index is 191. The van der Waals surface area contributed by atoms with Gasteiger partial charge in [-0.05, 0) is 20.3 Å². The van der Waals surface area contributed by atoms with Crippen LogP contribution in [-0.2, 0) is 14.3 Å². The summed E-state index contributed by atoms with van der Waals surface area (Å²) in [4.78, 5) is 11.1. The predicted molar refractivity (Wildman–Crippen MR) is 48.0 cm³/mol. The molecule has 0 spiro atoms. The lowest BCUT2D eigenvalue weighted by Gasteiger charge is -2.16. The lowest BCUT2D eigenvalue weighted by Crippen LogP contribution is -2.40. The van der Waals surface area contributed by atoms with Gasteiger partial charge in [0.25, 0.3) is 6.41 Å². The van der Waals surface area contributed by atoms with E-state index in [1.165, 1.54) is 0 Å². The number of carbonyl (C=O) groups is 1. The first kappa shape index (κ1) is 10.5. The van der Waals surface area contributed by atoms with E-state index in [0.717, 1.165) is 6.42 Å². The third-order valence-electron chi connectivity index (χ3n) is 1.80. The van der Waals surface area contributed by atoms with Crippen LogP contribution >= 0.6 is 0 Å². The SMILES string of the molecule is CCCC(=O)OC1NC(C)(C)CO1. The molecule has 0 saturated carbocycles. The van der Waals surface area contributed by atoms with Gasteiger partial charge in [0.15, 0.2) is 0 Å². The van der Waals surface area contributed by atoms with Gasteiger partial charge in [0.1, 0.15) is 0 Å². The summed E-state index contributed by atoms with van der Waals surface area (Å²) >= 11 is 0. The third-order valence-corrected chi connectivity index (χ3v) is 1.80. The molecule has 1 unspecified atom stereocenters. The summed E-state index contributed by atoms with van der Waals surface area (Å²) in [7, 11) is 0. The molecule has 0 bridgehead atoms. The first-order valence-corrected chi connectivity index (χ1v) is 4.62. The van der Waals surface area contributed by atoms with Gasteiger partial charge in [-0.3, -0.25) is 10.1 Å². The molecule has 0 aromatic carbocycles. The molecule has 1 heterocycles. The van der Waals surface area contributed by atoms with Crippen LogP contribution in [-0.4, -0.2) is 24.5 Å². The van der Waals surface area contributed by atoms with E-state index < -0.39 is 6.41 Å². The van der Waals surface area contributed by atoms with Gasteiger partial charge in [-0.25, -0.2) is 0 Å². The highest BCUT2D eigenvalue weighted by atomic mass is 16.7. The zero-order valence-corrected chi connectivity index (χ0v) is 8.42. The molecule has 76 valence electrons. The highest BCUT2D eigenvalue weighted by Gasteiger charge is 2.32. The second-order valence-corrected chi connectivity index (χ2v) is 3.91. The van der Waals surface area contributed by atoms with Gasteiger partial charge in [0.2, 0.25) is 0 Å². The standard InChI is InChI=1S/C9H17NO3/c1-4-5-7(11)13-8-10-9(2,3)6-12-8/h8,10H,4-6H2,1-3H3. The van der Waals surface area contributed by atoms with E-state index in [2.05, 4.69) is 5.32 Å². The second-order valence-electron chi connectivity index (χ2n) is 3.91. The number of ether oxygens (including phenoxy) is 2. The minimum atomic E-state index is -0.561. The third kappa shape index (κ3) is 3.32. The number of rotatable bonds is 3. The van der Waals surface area contributed by atoms with Crippen molar-refractivity contribution in [1.29, 1.82) is 0 Å². The summed E-state index contributed by atoms with van der Waals surface area (Å²) in [6, 6.07) is 0. The molecule has 1 aliphatic heterocycles. The fourth-order valence-electron chi connectivity index (χ4n) is 1.13. The van der Waals surface area contributed by atoms with Crippen molar-refractivity contribution in [3.63, 3.8) is 0 Å². The maximum Gasteiger partial charge on any atom is 0.309 e. The van der Waals surface area contributed by atoms with Crippen molar-refractivity contribution in [3.8, 4) is 0 Å². The molecule has 0 aliphatic carbocycles. The molecule has 1 atom stereocenters. The highest BCUT2D eigenvalue weighted by Crippen LogP contribution is 2.14. The molecule has 1 fully saturated rings. The van der Waals surface area contributed by atoms with Crippen LogP contribution in [0.4, 0.5) is 0 Å². The summed E-state index contributed by atoms with van der Waals surface area (Å²) < 4.78 is 10.2. The van der Waals surface area contributed by atoms with E-state index in [0.29, 0.717) is 13.0 Å². The zero-order valence-electron chi connectivity index (χ0n) is 8.42. The van der Waals surface area contributed by atoms with Crippen molar-refractivity contribution >= 4 is 5.97 Å². The molecule has 13 heavy (non-hydrogen) atoms. The van der Waals surface area contributed by atoms with Crippen LogP contribution in [0.2, 0.25) is 0 Å². The van der Waals surface area contributed by atoms with Gasteiger partial charge < -0.3 is 9.47 Å². The van der Waals surface area contributed by atoms with Crippen LogP contribution in [0, 0.1) is 0 Å².